The minimum absolute atomic E-state index is 0.164. The summed E-state index contributed by atoms with van der Waals surface area (Å²) in [6, 6.07) is 10.4. The Balaban J connectivity index is 2.30. The minimum Gasteiger partial charge on any atom is -0.493 e. The highest BCUT2D eigenvalue weighted by molar-refractivity contribution is 6.30. The minimum atomic E-state index is -0.164. The van der Waals surface area contributed by atoms with E-state index in [9.17, 15) is 4.79 Å². The number of halogens is 1. The quantitative estimate of drug-likeness (QED) is 0.780. The highest BCUT2D eigenvalue weighted by atomic mass is 35.5. The maximum absolute atomic E-state index is 12.4. The molecule has 0 N–H and O–H groups in total. The maximum atomic E-state index is 12.4. The fraction of sp³-hybridized carbons (Fsp3) is 0.200. The van der Waals surface area contributed by atoms with E-state index in [1.54, 1.807) is 24.3 Å². The molecule has 0 unspecified atom stereocenters. The Labute approximate surface area is 117 Å². The third-order valence-electron chi connectivity index (χ3n) is 2.55. The van der Waals surface area contributed by atoms with E-state index in [-0.39, 0.29) is 5.78 Å². The van der Waals surface area contributed by atoms with E-state index in [4.69, 9.17) is 16.3 Å². The van der Waals surface area contributed by atoms with Crippen molar-refractivity contribution in [3.8, 4) is 5.75 Å². The van der Waals surface area contributed by atoms with E-state index < -0.39 is 0 Å². The van der Waals surface area contributed by atoms with Gasteiger partial charge in [-0.25, -0.2) is 0 Å². The van der Waals surface area contributed by atoms with Crippen molar-refractivity contribution in [2.45, 2.75) is 13.3 Å². The van der Waals surface area contributed by atoms with Gasteiger partial charge in [-0.2, -0.15) is 0 Å². The fourth-order valence-electron chi connectivity index (χ4n) is 1.64. The number of hydrogen-bond acceptors (Lipinski definition) is 3. The molecule has 0 aliphatic heterocycles. The van der Waals surface area contributed by atoms with Gasteiger partial charge in [-0.05, 0) is 30.7 Å². The monoisotopic (exact) mass is 275 g/mol. The van der Waals surface area contributed by atoms with Crippen molar-refractivity contribution in [1.82, 2.24) is 4.98 Å². The number of aromatic nitrogens is 1. The average molecular weight is 276 g/mol. The van der Waals surface area contributed by atoms with Gasteiger partial charge in [-0.1, -0.05) is 30.7 Å². The SMILES string of the molecule is CCCOc1ccccc1C(=O)c1ccc(Cl)cn1. The second-order valence-corrected chi connectivity index (χ2v) is 4.47. The van der Waals surface area contributed by atoms with Crippen molar-refractivity contribution in [1.29, 1.82) is 0 Å². The predicted octanol–water partition coefficient (Wildman–Crippen LogP) is 3.75. The van der Waals surface area contributed by atoms with Crippen molar-refractivity contribution in [2.24, 2.45) is 0 Å². The summed E-state index contributed by atoms with van der Waals surface area (Å²) in [5.41, 5.74) is 0.878. The normalized spacial score (nSPS) is 10.2. The van der Waals surface area contributed by atoms with Crippen LogP contribution in [0.15, 0.2) is 42.6 Å². The molecule has 3 nitrogen and oxygen atoms in total. The van der Waals surface area contributed by atoms with Crippen molar-refractivity contribution in [3.63, 3.8) is 0 Å². The molecular formula is C15H14ClNO2. The Morgan fingerprint density at radius 1 is 1.26 bits per heavy atom. The van der Waals surface area contributed by atoms with Gasteiger partial charge in [-0.3, -0.25) is 9.78 Å². The molecule has 4 heteroatoms. The van der Waals surface area contributed by atoms with E-state index >= 15 is 0 Å². The van der Waals surface area contributed by atoms with E-state index in [0.717, 1.165) is 6.42 Å². The van der Waals surface area contributed by atoms with Gasteiger partial charge in [-0.15, -0.1) is 0 Å². The van der Waals surface area contributed by atoms with Crippen LogP contribution in [0.2, 0.25) is 5.02 Å². The Morgan fingerprint density at radius 3 is 2.74 bits per heavy atom. The van der Waals surface area contributed by atoms with E-state index in [1.165, 1.54) is 6.20 Å². The van der Waals surface area contributed by atoms with Crippen molar-refractivity contribution in [2.75, 3.05) is 6.61 Å². The second-order valence-electron chi connectivity index (χ2n) is 4.04. The summed E-state index contributed by atoms with van der Waals surface area (Å²) in [6.07, 6.45) is 2.35. The van der Waals surface area contributed by atoms with Gasteiger partial charge >= 0.3 is 0 Å². The van der Waals surface area contributed by atoms with Crippen LogP contribution in [0.4, 0.5) is 0 Å². The number of benzene rings is 1. The molecule has 0 aliphatic carbocycles. The molecule has 0 atom stereocenters. The van der Waals surface area contributed by atoms with Crippen LogP contribution in [0.1, 0.15) is 29.4 Å². The van der Waals surface area contributed by atoms with Crippen LogP contribution in [0.25, 0.3) is 0 Å². The zero-order chi connectivity index (χ0) is 13.7. The number of rotatable bonds is 5. The smallest absolute Gasteiger partial charge is 0.215 e. The molecule has 0 aliphatic rings. The van der Waals surface area contributed by atoms with Crippen LogP contribution in [0, 0.1) is 0 Å². The van der Waals surface area contributed by atoms with Crippen LogP contribution < -0.4 is 4.74 Å². The third kappa shape index (κ3) is 3.32. The summed E-state index contributed by atoms with van der Waals surface area (Å²) >= 11 is 5.76. The predicted molar refractivity (Wildman–Crippen MR) is 74.9 cm³/mol. The first kappa shape index (κ1) is 13.6. The summed E-state index contributed by atoms with van der Waals surface area (Å²) in [7, 11) is 0. The van der Waals surface area contributed by atoms with Crippen molar-refractivity contribution < 1.29 is 9.53 Å². The molecule has 2 rings (SSSR count). The molecule has 0 saturated carbocycles. The molecule has 0 radical (unpaired) electrons. The second kappa shape index (κ2) is 6.34. The molecule has 0 fully saturated rings. The molecule has 1 aromatic carbocycles. The molecule has 98 valence electrons. The zero-order valence-electron chi connectivity index (χ0n) is 10.6. The molecule has 1 heterocycles. The number of carbonyl (C=O) groups is 1. The largest absolute Gasteiger partial charge is 0.493 e. The third-order valence-corrected chi connectivity index (χ3v) is 2.78. The van der Waals surface area contributed by atoms with Crippen LogP contribution in [-0.4, -0.2) is 17.4 Å². The fourth-order valence-corrected chi connectivity index (χ4v) is 1.75. The number of nitrogens with zero attached hydrogens (tertiary/aromatic N) is 1. The van der Waals surface area contributed by atoms with Crippen molar-refractivity contribution >= 4 is 17.4 Å². The number of hydrogen-bond donors (Lipinski definition) is 0. The highest BCUT2D eigenvalue weighted by Crippen LogP contribution is 2.21. The van der Waals surface area contributed by atoms with Gasteiger partial charge in [0.15, 0.2) is 0 Å². The number of ketones is 1. The Kier molecular flexibility index (Phi) is 4.53. The van der Waals surface area contributed by atoms with Gasteiger partial charge in [0.2, 0.25) is 5.78 Å². The molecular weight excluding hydrogens is 262 g/mol. The number of ether oxygens (including phenoxy) is 1. The molecule has 0 saturated heterocycles. The van der Waals surface area contributed by atoms with Gasteiger partial charge < -0.3 is 4.74 Å². The molecule has 2 aromatic rings. The molecule has 19 heavy (non-hydrogen) atoms. The summed E-state index contributed by atoms with van der Waals surface area (Å²) in [6.45, 7) is 2.60. The summed E-state index contributed by atoms with van der Waals surface area (Å²) < 4.78 is 5.58. The van der Waals surface area contributed by atoms with Crippen molar-refractivity contribution in [3.05, 3.63) is 58.9 Å². The molecule has 1 aromatic heterocycles. The molecule has 0 bridgehead atoms. The maximum Gasteiger partial charge on any atom is 0.215 e. The standard InChI is InChI=1S/C15H14ClNO2/c1-2-9-19-14-6-4-3-5-12(14)15(18)13-8-7-11(16)10-17-13/h3-8,10H,2,9H2,1H3. The van der Waals surface area contributed by atoms with Gasteiger partial charge in [0.1, 0.15) is 11.4 Å². The topological polar surface area (TPSA) is 39.2 Å². The first-order valence-electron chi connectivity index (χ1n) is 6.10. The lowest BCUT2D eigenvalue weighted by Gasteiger charge is -2.09. The lowest BCUT2D eigenvalue weighted by atomic mass is 10.1. The van der Waals surface area contributed by atoms with Gasteiger partial charge in [0.05, 0.1) is 17.2 Å². The average Bonchev–Trinajstić information content (AvgIpc) is 2.45. The van der Waals surface area contributed by atoms with Gasteiger partial charge in [0.25, 0.3) is 0 Å². The molecule has 0 spiro atoms. The zero-order valence-corrected chi connectivity index (χ0v) is 11.4. The Bertz CT molecular complexity index is 567. The van der Waals surface area contributed by atoms with E-state index in [0.29, 0.717) is 28.6 Å². The highest BCUT2D eigenvalue weighted by Gasteiger charge is 2.15. The van der Waals surface area contributed by atoms with E-state index in [1.807, 2.05) is 19.1 Å². The first-order chi connectivity index (χ1) is 9.22. The lowest BCUT2D eigenvalue weighted by Crippen LogP contribution is -2.07. The van der Waals surface area contributed by atoms with Crippen LogP contribution in [-0.2, 0) is 0 Å². The van der Waals surface area contributed by atoms with Crippen LogP contribution in [0.5, 0.6) is 5.75 Å². The number of pyridine rings is 1. The Hall–Kier alpha value is -1.87. The van der Waals surface area contributed by atoms with Crippen LogP contribution in [0.3, 0.4) is 0 Å². The summed E-state index contributed by atoms with van der Waals surface area (Å²) in [5.74, 6) is 0.425. The first-order valence-corrected chi connectivity index (χ1v) is 6.48. The molecule has 0 amide bonds. The number of para-hydroxylation sites is 1. The van der Waals surface area contributed by atoms with Gasteiger partial charge in [0, 0.05) is 6.20 Å². The van der Waals surface area contributed by atoms with E-state index in [2.05, 4.69) is 4.98 Å². The lowest BCUT2D eigenvalue weighted by molar-refractivity contribution is 0.103. The van der Waals surface area contributed by atoms with Crippen LogP contribution >= 0.6 is 11.6 Å². The number of carbonyl (C=O) groups excluding carboxylic acids is 1. The summed E-state index contributed by atoms with van der Waals surface area (Å²) in [5, 5.41) is 0.507. The Morgan fingerprint density at radius 2 is 2.05 bits per heavy atom. The summed E-state index contributed by atoms with van der Waals surface area (Å²) in [4.78, 5) is 16.4.